The summed E-state index contributed by atoms with van der Waals surface area (Å²) in [6.07, 6.45) is 6.11. The molecule has 2 aliphatic heterocycles. The van der Waals surface area contributed by atoms with Gasteiger partial charge in [-0.2, -0.15) is 5.26 Å². The zero-order chi connectivity index (χ0) is 23.4. The highest BCUT2D eigenvalue weighted by atomic mass is 16.5. The van der Waals surface area contributed by atoms with Crippen LogP contribution in [0.2, 0.25) is 0 Å². The van der Waals surface area contributed by atoms with Gasteiger partial charge in [0.05, 0.1) is 11.6 Å². The summed E-state index contributed by atoms with van der Waals surface area (Å²) < 4.78 is 0. The SMILES string of the molecule is Cc1ccc(C(=O)N2CCC(c3ccc(C#N)cc3)CC2)cc1NC(=O)C1=CCN([O-])C=C1. The van der Waals surface area contributed by atoms with Gasteiger partial charge in [-0.1, -0.05) is 24.3 Å². The predicted molar refractivity (Wildman–Crippen MR) is 126 cm³/mol. The van der Waals surface area contributed by atoms with Crippen molar-refractivity contribution in [2.45, 2.75) is 25.7 Å². The van der Waals surface area contributed by atoms with E-state index in [9.17, 15) is 14.8 Å². The lowest BCUT2D eigenvalue weighted by molar-refractivity contribution is -0.112. The van der Waals surface area contributed by atoms with Crippen LogP contribution in [0.5, 0.6) is 0 Å². The van der Waals surface area contributed by atoms with E-state index >= 15 is 0 Å². The Morgan fingerprint density at radius 3 is 2.48 bits per heavy atom. The molecule has 0 spiro atoms. The molecule has 2 heterocycles. The summed E-state index contributed by atoms with van der Waals surface area (Å²) in [5, 5.41) is 23.8. The van der Waals surface area contributed by atoms with Gasteiger partial charge in [0.1, 0.15) is 0 Å². The highest BCUT2D eigenvalue weighted by molar-refractivity contribution is 6.07. The van der Waals surface area contributed by atoms with E-state index in [1.165, 1.54) is 17.8 Å². The number of nitriles is 1. The molecule has 7 nitrogen and oxygen atoms in total. The molecule has 0 saturated carbocycles. The van der Waals surface area contributed by atoms with Gasteiger partial charge in [0, 0.05) is 36.5 Å². The molecule has 1 fully saturated rings. The molecule has 0 bridgehead atoms. The minimum absolute atomic E-state index is 0.0532. The Morgan fingerprint density at radius 2 is 1.85 bits per heavy atom. The number of hydrogen-bond donors (Lipinski definition) is 1. The average molecular weight is 442 g/mol. The average Bonchev–Trinajstić information content (AvgIpc) is 2.85. The number of likely N-dealkylation sites (tertiary alicyclic amines) is 1. The maximum Gasteiger partial charge on any atom is 0.255 e. The second kappa shape index (κ2) is 9.72. The van der Waals surface area contributed by atoms with Crippen LogP contribution in [0.1, 0.15) is 45.8 Å². The Kier molecular flexibility index (Phi) is 6.57. The first-order chi connectivity index (χ1) is 15.9. The third kappa shape index (κ3) is 5.13. The molecule has 2 aromatic carbocycles. The second-order valence-corrected chi connectivity index (χ2v) is 8.36. The molecule has 33 heavy (non-hydrogen) atoms. The van der Waals surface area contributed by atoms with Gasteiger partial charge in [-0.25, -0.2) is 0 Å². The molecule has 0 radical (unpaired) electrons. The third-order valence-corrected chi connectivity index (χ3v) is 6.20. The van der Waals surface area contributed by atoms with Gasteiger partial charge in [0.2, 0.25) is 0 Å². The molecule has 2 aromatic rings. The molecule has 1 N–H and O–H groups in total. The highest BCUT2D eigenvalue weighted by Gasteiger charge is 2.25. The Hall–Kier alpha value is -3.89. The molecular weight excluding hydrogens is 416 g/mol. The van der Waals surface area contributed by atoms with Gasteiger partial charge in [0.15, 0.2) is 0 Å². The standard InChI is InChI=1S/C26H25N4O3/c1-18-2-5-23(16-24(18)28-25(31)22-10-14-30(33)15-11-22)26(32)29-12-8-21(9-13-29)20-6-3-19(17-27)4-7-20/h2-7,10-11,14,16,21H,8-9,12-13,15H2,1H3,(H,28,31)/q-1. The summed E-state index contributed by atoms with van der Waals surface area (Å²) in [7, 11) is 0. The summed E-state index contributed by atoms with van der Waals surface area (Å²) >= 11 is 0. The summed E-state index contributed by atoms with van der Waals surface area (Å²) in [5.41, 5.74) is 4.24. The number of nitrogens with zero attached hydrogens (tertiary/aromatic N) is 3. The van der Waals surface area contributed by atoms with Crippen molar-refractivity contribution in [3.8, 4) is 6.07 Å². The molecule has 7 heteroatoms. The van der Waals surface area contributed by atoms with Crippen molar-refractivity contribution < 1.29 is 9.59 Å². The molecule has 0 unspecified atom stereocenters. The lowest BCUT2D eigenvalue weighted by Gasteiger charge is -2.32. The first-order valence-electron chi connectivity index (χ1n) is 11.0. The van der Waals surface area contributed by atoms with Crippen LogP contribution in [0.15, 0.2) is 66.4 Å². The highest BCUT2D eigenvalue weighted by Crippen LogP contribution is 2.29. The zero-order valence-corrected chi connectivity index (χ0v) is 18.5. The van der Waals surface area contributed by atoms with Gasteiger partial charge in [-0.05, 0) is 73.4 Å². The predicted octanol–water partition coefficient (Wildman–Crippen LogP) is 4.08. The smallest absolute Gasteiger partial charge is 0.255 e. The first kappa shape index (κ1) is 22.3. The number of rotatable bonds is 4. The fraction of sp³-hybridized carbons (Fsp3) is 0.269. The maximum atomic E-state index is 13.1. The van der Waals surface area contributed by atoms with E-state index in [0.717, 1.165) is 23.5 Å². The molecule has 2 aliphatic rings. The number of piperidine rings is 1. The Labute approximate surface area is 193 Å². The number of carbonyl (C=O) groups is 2. The quantitative estimate of drug-likeness (QED) is 0.771. The van der Waals surface area contributed by atoms with Crippen LogP contribution in [0, 0.1) is 23.5 Å². The van der Waals surface area contributed by atoms with Gasteiger partial charge in [-0.3, -0.25) is 9.59 Å². The van der Waals surface area contributed by atoms with E-state index in [4.69, 9.17) is 5.26 Å². The Balaban J connectivity index is 1.40. The van der Waals surface area contributed by atoms with E-state index in [1.807, 2.05) is 42.2 Å². The van der Waals surface area contributed by atoms with Crippen LogP contribution in [-0.2, 0) is 4.79 Å². The lowest BCUT2D eigenvalue weighted by Crippen LogP contribution is -2.38. The van der Waals surface area contributed by atoms with Crippen molar-refractivity contribution in [2.75, 3.05) is 25.0 Å². The second-order valence-electron chi connectivity index (χ2n) is 8.36. The normalized spacial score (nSPS) is 16.2. The van der Waals surface area contributed by atoms with Crippen molar-refractivity contribution in [3.63, 3.8) is 0 Å². The maximum absolute atomic E-state index is 13.1. The third-order valence-electron chi connectivity index (χ3n) is 6.20. The van der Waals surface area contributed by atoms with E-state index < -0.39 is 0 Å². The fourth-order valence-electron chi connectivity index (χ4n) is 4.16. The molecule has 168 valence electrons. The molecule has 0 atom stereocenters. The van der Waals surface area contributed by atoms with Crippen molar-refractivity contribution in [1.29, 1.82) is 5.26 Å². The summed E-state index contributed by atoms with van der Waals surface area (Å²) in [4.78, 5) is 27.5. The van der Waals surface area contributed by atoms with Gasteiger partial charge < -0.3 is 20.5 Å². The molecule has 4 rings (SSSR count). The number of nitrogens with one attached hydrogen (secondary N) is 1. The summed E-state index contributed by atoms with van der Waals surface area (Å²) in [6, 6.07) is 15.2. The topological polar surface area (TPSA) is 99.5 Å². The molecule has 0 aromatic heterocycles. The van der Waals surface area contributed by atoms with Gasteiger partial charge >= 0.3 is 0 Å². The molecular formula is C26H25N4O3-. The van der Waals surface area contributed by atoms with E-state index in [-0.39, 0.29) is 18.4 Å². The van der Waals surface area contributed by atoms with Crippen molar-refractivity contribution >= 4 is 17.5 Å². The minimum Gasteiger partial charge on any atom is -0.758 e. The summed E-state index contributed by atoms with van der Waals surface area (Å²) in [5.74, 6) is 0.00867. The molecule has 2 amide bonds. The van der Waals surface area contributed by atoms with Gasteiger partial charge in [0.25, 0.3) is 11.8 Å². The minimum atomic E-state index is -0.310. The number of benzene rings is 2. The van der Waals surface area contributed by atoms with Crippen molar-refractivity contribution in [1.82, 2.24) is 9.96 Å². The van der Waals surface area contributed by atoms with Crippen LogP contribution >= 0.6 is 0 Å². The van der Waals surface area contributed by atoms with Gasteiger partial charge in [-0.15, -0.1) is 0 Å². The number of hydrogen-bond acceptors (Lipinski definition) is 5. The van der Waals surface area contributed by atoms with Crippen LogP contribution in [-0.4, -0.2) is 41.4 Å². The molecule has 0 aliphatic carbocycles. The first-order valence-corrected chi connectivity index (χ1v) is 11.0. The lowest BCUT2D eigenvalue weighted by atomic mass is 9.89. The van der Waals surface area contributed by atoms with Crippen molar-refractivity contribution in [3.05, 3.63) is 93.9 Å². The Morgan fingerprint density at radius 1 is 1.12 bits per heavy atom. The number of aryl methyl sites for hydroxylation is 1. The van der Waals surface area contributed by atoms with Crippen molar-refractivity contribution in [2.24, 2.45) is 0 Å². The largest absolute Gasteiger partial charge is 0.758 e. The number of anilines is 1. The monoisotopic (exact) mass is 441 g/mol. The van der Waals surface area contributed by atoms with E-state index in [2.05, 4.69) is 11.4 Å². The van der Waals surface area contributed by atoms with Crippen LogP contribution in [0.25, 0.3) is 0 Å². The van der Waals surface area contributed by atoms with E-state index in [1.54, 1.807) is 18.2 Å². The van der Waals surface area contributed by atoms with E-state index in [0.29, 0.717) is 41.4 Å². The van der Waals surface area contributed by atoms with Crippen LogP contribution in [0.4, 0.5) is 5.69 Å². The number of carbonyl (C=O) groups excluding carboxylic acids is 2. The number of hydroxylamine groups is 2. The molecule has 1 saturated heterocycles. The van der Waals surface area contributed by atoms with Crippen LogP contribution in [0.3, 0.4) is 0 Å². The summed E-state index contributed by atoms with van der Waals surface area (Å²) in [6.45, 7) is 3.32. The zero-order valence-electron chi connectivity index (χ0n) is 18.5. The fourth-order valence-corrected chi connectivity index (χ4v) is 4.16. The van der Waals surface area contributed by atoms with Crippen LogP contribution < -0.4 is 5.32 Å². The Bertz CT molecular complexity index is 1150. The number of amides is 2.